The molecule has 8 nitrogen and oxygen atoms in total. The van der Waals surface area contributed by atoms with Crippen LogP contribution in [0.5, 0.6) is 11.5 Å². The largest absolute Gasteiger partial charge is 0.493 e. The van der Waals surface area contributed by atoms with E-state index in [4.69, 9.17) is 25.3 Å². The molecule has 0 radical (unpaired) electrons. The molecule has 1 heterocycles. The second-order valence-electron chi connectivity index (χ2n) is 13.2. The van der Waals surface area contributed by atoms with E-state index in [0.29, 0.717) is 64.1 Å². The van der Waals surface area contributed by atoms with Crippen molar-refractivity contribution in [1.82, 2.24) is 4.90 Å². The van der Waals surface area contributed by atoms with Gasteiger partial charge in [0.2, 0.25) is 0 Å². The maximum Gasteiger partial charge on any atom is 0.339 e. The summed E-state index contributed by atoms with van der Waals surface area (Å²) in [7, 11) is -1.13. The van der Waals surface area contributed by atoms with Crippen LogP contribution >= 0.6 is 34.2 Å². The molecule has 0 bridgehead atoms. The van der Waals surface area contributed by atoms with Crippen LogP contribution in [0.25, 0.3) is 0 Å². The molecule has 3 aliphatic rings. The van der Waals surface area contributed by atoms with Crippen LogP contribution in [0.4, 0.5) is 0 Å². The van der Waals surface area contributed by atoms with Gasteiger partial charge in [0.15, 0.2) is 23.1 Å². The van der Waals surface area contributed by atoms with Gasteiger partial charge in [-0.25, -0.2) is 0 Å². The molecule has 0 aromatic heterocycles. The van der Waals surface area contributed by atoms with Gasteiger partial charge in [-0.1, -0.05) is 39.3 Å². The topological polar surface area (TPSA) is 99.2 Å². The molecule has 0 unspecified atom stereocenters. The number of carbonyl (C=O) groups excluding carboxylic acids is 2. The summed E-state index contributed by atoms with van der Waals surface area (Å²) in [5, 5.41) is 0.400. The molecular weight excluding hydrogens is 717 g/mol. The molecule has 11 heteroatoms. The highest BCUT2D eigenvalue weighted by Gasteiger charge is 2.49. The third-order valence-corrected chi connectivity index (χ3v) is 10.7. The number of carbonyl (C=O) groups is 2. The number of methoxy groups -OCH3 is 2. The van der Waals surface area contributed by atoms with Gasteiger partial charge in [-0.05, 0) is 88.2 Å². The summed E-state index contributed by atoms with van der Waals surface area (Å²) >= 11 is 7.96. The highest BCUT2D eigenvalue weighted by atomic mass is 127. The zero-order chi connectivity index (χ0) is 32.2. The summed E-state index contributed by atoms with van der Waals surface area (Å²) < 4.78 is 43.6. The highest BCUT2D eigenvalue weighted by molar-refractivity contribution is 14.1. The van der Waals surface area contributed by atoms with E-state index in [1.165, 1.54) is 31.4 Å². The Morgan fingerprint density at radius 2 is 1.45 bits per heavy atom. The van der Waals surface area contributed by atoms with Crippen LogP contribution in [0.1, 0.15) is 64.9 Å². The van der Waals surface area contributed by atoms with E-state index in [2.05, 4.69) is 32.6 Å². The van der Waals surface area contributed by atoms with Crippen molar-refractivity contribution in [3.63, 3.8) is 0 Å². The number of Topliss-reactive ketones (excluding diaryl/α,β-unsaturated/α-hetero) is 2. The molecule has 2 aromatic carbocycles. The fourth-order valence-corrected chi connectivity index (χ4v) is 8.55. The van der Waals surface area contributed by atoms with Crippen LogP contribution in [0.15, 0.2) is 63.8 Å². The van der Waals surface area contributed by atoms with Crippen molar-refractivity contribution >= 4 is 55.9 Å². The van der Waals surface area contributed by atoms with Gasteiger partial charge >= 0.3 is 10.1 Å². The number of allylic oxidation sites excluding steroid dienone is 4. The molecule has 0 spiro atoms. The number of ketones is 2. The Labute approximate surface area is 278 Å². The first-order valence-electron chi connectivity index (χ1n) is 14.4. The molecule has 2 aromatic rings. The molecule has 5 rings (SSSR count). The van der Waals surface area contributed by atoms with Crippen LogP contribution < -0.4 is 8.92 Å². The molecule has 1 aliphatic heterocycles. The number of benzene rings is 2. The lowest BCUT2D eigenvalue weighted by molar-refractivity contribution is -0.119. The quantitative estimate of drug-likeness (QED) is 0.209. The van der Waals surface area contributed by atoms with Gasteiger partial charge in [-0.2, -0.15) is 8.42 Å². The third kappa shape index (κ3) is 6.32. The SMILES string of the molecule is COCCN1C2=C(C(=O)CC(C)(C)C2)C(c2cc(I)c(OS(=O)(=O)c3ccc(Cl)cc3)c(OC)c2)C2=C1CC(C)(C)CC2=O. The van der Waals surface area contributed by atoms with Crippen molar-refractivity contribution in [2.45, 2.75) is 64.2 Å². The highest BCUT2D eigenvalue weighted by Crippen LogP contribution is 2.55. The molecule has 0 fully saturated rings. The minimum absolute atomic E-state index is 0.00692. The molecule has 236 valence electrons. The Balaban J connectivity index is 1.69. The number of hydrogen-bond donors (Lipinski definition) is 0. The lowest BCUT2D eigenvalue weighted by Crippen LogP contribution is -2.45. The maximum atomic E-state index is 14.0. The van der Waals surface area contributed by atoms with Gasteiger partial charge in [-0.15, -0.1) is 0 Å². The average molecular weight is 754 g/mol. The van der Waals surface area contributed by atoms with Crippen LogP contribution in [-0.4, -0.2) is 52.3 Å². The zero-order valence-electron chi connectivity index (χ0n) is 25.8. The summed E-state index contributed by atoms with van der Waals surface area (Å²) in [5.41, 5.74) is 3.26. The molecule has 2 aliphatic carbocycles. The van der Waals surface area contributed by atoms with Gasteiger partial charge in [0.25, 0.3) is 0 Å². The maximum absolute atomic E-state index is 14.0. The van der Waals surface area contributed by atoms with E-state index in [0.717, 1.165) is 11.4 Å². The van der Waals surface area contributed by atoms with Crippen LogP contribution in [0.2, 0.25) is 5.02 Å². The van der Waals surface area contributed by atoms with Crippen molar-refractivity contribution in [2.24, 2.45) is 10.8 Å². The number of hydrogen-bond acceptors (Lipinski definition) is 8. The Bertz CT molecular complexity index is 1640. The first-order valence-corrected chi connectivity index (χ1v) is 17.3. The summed E-state index contributed by atoms with van der Waals surface area (Å²) in [6.45, 7) is 9.36. The predicted octanol–water partition coefficient (Wildman–Crippen LogP) is 7.05. The van der Waals surface area contributed by atoms with Crippen LogP contribution in [-0.2, 0) is 24.4 Å². The van der Waals surface area contributed by atoms with Gasteiger partial charge in [0.05, 0.1) is 17.3 Å². The molecule has 0 amide bonds. The molecule has 0 atom stereocenters. The van der Waals surface area contributed by atoms with Gasteiger partial charge in [0.1, 0.15) is 4.90 Å². The van der Waals surface area contributed by atoms with Crippen molar-refractivity contribution < 1.29 is 31.7 Å². The molecule has 0 saturated heterocycles. The van der Waals surface area contributed by atoms with E-state index in [1.54, 1.807) is 19.2 Å². The lowest BCUT2D eigenvalue weighted by Gasteiger charge is -2.49. The van der Waals surface area contributed by atoms with Crippen LogP contribution in [0, 0.1) is 14.4 Å². The Hall–Kier alpha value is -2.41. The fourth-order valence-electron chi connectivity index (χ4n) is 6.58. The van der Waals surface area contributed by atoms with E-state index in [1.807, 2.05) is 22.6 Å². The number of halogens is 2. The van der Waals surface area contributed by atoms with E-state index in [-0.39, 0.29) is 38.8 Å². The summed E-state index contributed by atoms with van der Waals surface area (Å²) in [6.07, 6.45) is 2.07. The van der Waals surface area contributed by atoms with Gasteiger partial charge < -0.3 is 18.6 Å². The Morgan fingerprint density at radius 3 is 1.95 bits per heavy atom. The van der Waals surface area contributed by atoms with E-state index < -0.39 is 16.0 Å². The lowest BCUT2D eigenvalue weighted by atomic mass is 9.63. The van der Waals surface area contributed by atoms with Crippen molar-refractivity contribution in [3.8, 4) is 11.5 Å². The molecule has 44 heavy (non-hydrogen) atoms. The smallest absolute Gasteiger partial charge is 0.339 e. The van der Waals surface area contributed by atoms with Gasteiger partial charge in [0, 0.05) is 60.0 Å². The number of rotatable bonds is 8. The minimum Gasteiger partial charge on any atom is -0.493 e. The number of nitrogens with zero attached hydrogens (tertiary/aromatic N) is 1. The second-order valence-corrected chi connectivity index (χ2v) is 16.4. The van der Waals surface area contributed by atoms with Crippen LogP contribution in [0.3, 0.4) is 0 Å². The fraction of sp³-hybridized carbons (Fsp3) is 0.455. The molecular formula is C33H37ClINO7S. The van der Waals surface area contributed by atoms with Crippen molar-refractivity contribution in [2.75, 3.05) is 27.4 Å². The predicted molar refractivity (Wildman–Crippen MR) is 176 cm³/mol. The first kappa shape index (κ1) is 33.0. The van der Waals surface area contributed by atoms with Gasteiger partial charge in [-0.3, -0.25) is 9.59 Å². The molecule has 0 N–H and O–H groups in total. The third-order valence-electron chi connectivity index (χ3n) is 8.42. The Kier molecular flexibility index (Phi) is 9.05. The second kappa shape index (κ2) is 12.1. The average Bonchev–Trinajstić information content (AvgIpc) is 2.91. The standard InChI is InChI=1S/C33H37ClINO7S/c1-32(2)15-23-29(25(37)17-32)28(30-24(36(23)11-12-41-5)16-33(3,4)18-26(30)38)19-13-22(35)31(27(14-19)42-6)43-44(39,40)21-9-7-20(34)8-10-21/h7-10,13-14,28H,11-12,15-18H2,1-6H3. The normalized spacial score (nSPS) is 20.0. The van der Waals surface area contributed by atoms with Crippen molar-refractivity contribution in [3.05, 3.63) is 73.1 Å². The summed E-state index contributed by atoms with van der Waals surface area (Å²) in [4.78, 5) is 30.2. The monoisotopic (exact) mass is 753 g/mol. The number of ether oxygens (including phenoxy) is 2. The summed E-state index contributed by atoms with van der Waals surface area (Å²) in [6, 6.07) is 9.18. The van der Waals surface area contributed by atoms with E-state index in [9.17, 15) is 18.0 Å². The van der Waals surface area contributed by atoms with Crippen molar-refractivity contribution in [1.29, 1.82) is 0 Å². The molecule has 0 saturated carbocycles. The first-order chi connectivity index (χ1) is 20.6. The summed E-state index contributed by atoms with van der Waals surface area (Å²) in [5.74, 6) is -0.391. The zero-order valence-corrected chi connectivity index (χ0v) is 29.5. The van der Waals surface area contributed by atoms with E-state index >= 15 is 0 Å². The Morgan fingerprint density at radius 1 is 0.909 bits per heavy atom. The minimum atomic E-state index is -4.21.